The first-order chi connectivity index (χ1) is 7.17. The monoisotopic (exact) mass is 264 g/mol. The van der Waals surface area contributed by atoms with Gasteiger partial charge in [0.25, 0.3) is 0 Å². The van der Waals surface area contributed by atoms with Crippen LogP contribution in [0.4, 0.5) is 0 Å². The SMILES string of the molecule is CCC(CS)COc1cc(Cl)ccc1Cl. The van der Waals surface area contributed by atoms with Crippen LogP contribution in [0.1, 0.15) is 13.3 Å². The Morgan fingerprint density at radius 2 is 2.13 bits per heavy atom. The summed E-state index contributed by atoms with van der Waals surface area (Å²) in [6, 6.07) is 5.21. The zero-order valence-corrected chi connectivity index (χ0v) is 10.9. The third kappa shape index (κ3) is 4.13. The summed E-state index contributed by atoms with van der Waals surface area (Å²) in [6.07, 6.45) is 1.04. The van der Waals surface area contributed by atoms with Crippen molar-refractivity contribution >= 4 is 35.8 Å². The second-order valence-corrected chi connectivity index (χ2v) is 4.55. The van der Waals surface area contributed by atoms with E-state index in [0.29, 0.717) is 28.3 Å². The molecule has 1 rings (SSSR count). The molecule has 1 aromatic rings. The van der Waals surface area contributed by atoms with Crippen LogP contribution in [-0.4, -0.2) is 12.4 Å². The quantitative estimate of drug-likeness (QED) is 0.780. The van der Waals surface area contributed by atoms with Gasteiger partial charge in [-0.3, -0.25) is 0 Å². The summed E-state index contributed by atoms with van der Waals surface area (Å²) in [5.41, 5.74) is 0. The largest absolute Gasteiger partial charge is 0.492 e. The van der Waals surface area contributed by atoms with Gasteiger partial charge in [0.2, 0.25) is 0 Å². The standard InChI is InChI=1S/C11H14Cl2OS/c1-2-8(7-15)6-14-11-5-9(12)3-4-10(11)13/h3-5,8,15H,2,6-7H2,1H3. The van der Waals surface area contributed by atoms with Gasteiger partial charge in [0.1, 0.15) is 5.75 Å². The lowest BCUT2D eigenvalue weighted by atomic mass is 10.1. The predicted molar refractivity (Wildman–Crippen MR) is 69.6 cm³/mol. The molecular formula is C11H14Cl2OS. The van der Waals surface area contributed by atoms with E-state index in [9.17, 15) is 0 Å². The fourth-order valence-corrected chi connectivity index (χ4v) is 1.79. The van der Waals surface area contributed by atoms with Gasteiger partial charge in [-0.2, -0.15) is 12.6 Å². The molecule has 1 nitrogen and oxygen atoms in total. The number of hydrogen-bond donors (Lipinski definition) is 1. The molecule has 0 aliphatic heterocycles. The first-order valence-corrected chi connectivity index (χ1v) is 6.25. The zero-order chi connectivity index (χ0) is 11.3. The van der Waals surface area contributed by atoms with E-state index in [1.807, 2.05) is 0 Å². The lowest BCUT2D eigenvalue weighted by Gasteiger charge is -2.14. The molecule has 0 bridgehead atoms. The van der Waals surface area contributed by atoms with E-state index in [1.54, 1.807) is 18.2 Å². The number of benzene rings is 1. The lowest BCUT2D eigenvalue weighted by Crippen LogP contribution is -2.12. The normalized spacial score (nSPS) is 12.5. The molecule has 0 amide bonds. The van der Waals surface area contributed by atoms with Gasteiger partial charge in [-0.05, 0) is 24.3 Å². The average Bonchev–Trinajstić information content (AvgIpc) is 2.24. The molecule has 0 spiro atoms. The molecule has 0 saturated carbocycles. The van der Waals surface area contributed by atoms with Gasteiger partial charge in [-0.1, -0.05) is 30.1 Å². The number of hydrogen-bond acceptors (Lipinski definition) is 2. The maximum Gasteiger partial charge on any atom is 0.139 e. The minimum absolute atomic E-state index is 0.448. The summed E-state index contributed by atoms with van der Waals surface area (Å²) in [5, 5.41) is 1.22. The van der Waals surface area contributed by atoms with Crippen LogP contribution < -0.4 is 4.74 Å². The molecule has 0 fully saturated rings. The molecule has 0 aromatic heterocycles. The van der Waals surface area contributed by atoms with E-state index in [4.69, 9.17) is 27.9 Å². The van der Waals surface area contributed by atoms with E-state index in [-0.39, 0.29) is 0 Å². The molecule has 1 atom stereocenters. The molecule has 0 aliphatic rings. The molecule has 4 heteroatoms. The summed E-state index contributed by atoms with van der Waals surface area (Å²) in [4.78, 5) is 0. The van der Waals surface area contributed by atoms with Crippen molar-refractivity contribution in [3.63, 3.8) is 0 Å². The fraction of sp³-hybridized carbons (Fsp3) is 0.455. The highest BCUT2D eigenvalue weighted by molar-refractivity contribution is 7.80. The van der Waals surface area contributed by atoms with E-state index in [1.165, 1.54) is 0 Å². The van der Waals surface area contributed by atoms with E-state index >= 15 is 0 Å². The highest BCUT2D eigenvalue weighted by atomic mass is 35.5. The summed E-state index contributed by atoms with van der Waals surface area (Å²) in [5.74, 6) is 1.90. The maximum atomic E-state index is 5.96. The van der Waals surface area contributed by atoms with Crippen molar-refractivity contribution in [3.8, 4) is 5.75 Å². The Labute approximate surface area is 106 Å². The van der Waals surface area contributed by atoms with Crippen molar-refractivity contribution in [3.05, 3.63) is 28.2 Å². The highest BCUT2D eigenvalue weighted by Crippen LogP contribution is 2.28. The Bertz CT molecular complexity index is 313. The maximum absolute atomic E-state index is 5.96. The van der Waals surface area contributed by atoms with Crippen molar-refractivity contribution in [2.24, 2.45) is 5.92 Å². The molecule has 0 heterocycles. The van der Waals surface area contributed by atoms with Crippen molar-refractivity contribution in [2.45, 2.75) is 13.3 Å². The Morgan fingerprint density at radius 3 is 2.73 bits per heavy atom. The summed E-state index contributed by atoms with van der Waals surface area (Å²) in [7, 11) is 0. The van der Waals surface area contributed by atoms with Crippen molar-refractivity contribution in [2.75, 3.05) is 12.4 Å². The second kappa shape index (κ2) is 6.51. The molecule has 0 radical (unpaired) electrons. The minimum Gasteiger partial charge on any atom is -0.492 e. The van der Waals surface area contributed by atoms with Crippen LogP contribution in [-0.2, 0) is 0 Å². The highest BCUT2D eigenvalue weighted by Gasteiger charge is 2.07. The molecular weight excluding hydrogens is 251 g/mol. The molecule has 0 saturated heterocycles. The Morgan fingerprint density at radius 1 is 1.40 bits per heavy atom. The smallest absolute Gasteiger partial charge is 0.139 e. The van der Waals surface area contributed by atoms with Gasteiger partial charge in [0, 0.05) is 17.0 Å². The predicted octanol–water partition coefficient (Wildman–Crippen LogP) is 4.33. The Kier molecular flexibility index (Phi) is 5.65. The van der Waals surface area contributed by atoms with Crippen LogP contribution in [0.15, 0.2) is 18.2 Å². The summed E-state index contributed by atoms with van der Waals surface area (Å²) >= 11 is 16.1. The first-order valence-electron chi connectivity index (χ1n) is 4.86. The molecule has 0 N–H and O–H groups in total. The van der Waals surface area contributed by atoms with Gasteiger partial charge < -0.3 is 4.74 Å². The second-order valence-electron chi connectivity index (χ2n) is 3.34. The Hall–Kier alpha value is -0.0500. The molecule has 1 unspecified atom stereocenters. The topological polar surface area (TPSA) is 9.23 Å². The van der Waals surface area contributed by atoms with Gasteiger partial charge in [-0.25, -0.2) is 0 Å². The first kappa shape index (κ1) is 13.0. The molecule has 84 valence electrons. The van der Waals surface area contributed by atoms with Gasteiger partial charge >= 0.3 is 0 Å². The number of rotatable bonds is 5. The number of halogens is 2. The molecule has 15 heavy (non-hydrogen) atoms. The number of thiol groups is 1. The van der Waals surface area contributed by atoms with Crippen LogP contribution in [0, 0.1) is 5.92 Å². The van der Waals surface area contributed by atoms with E-state index < -0.39 is 0 Å². The molecule has 0 aliphatic carbocycles. The Balaban J connectivity index is 2.60. The van der Waals surface area contributed by atoms with Crippen LogP contribution in [0.25, 0.3) is 0 Å². The lowest BCUT2D eigenvalue weighted by molar-refractivity contribution is 0.260. The third-order valence-electron chi connectivity index (χ3n) is 2.20. The minimum atomic E-state index is 0.448. The van der Waals surface area contributed by atoms with Crippen molar-refractivity contribution < 1.29 is 4.74 Å². The van der Waals surface area contributed by atoms with Gasteiger partial charge in [-0.15, -0.1) is 0 Å². The summed E-state index contributed by atoms with van der Waals surface area (Å²) < 4.78 is 5.60. The third-order valence-corrected chi connectivity index (χ3v) is 3.27. The van der Waals surface area contributed by atoms with Crippen LogP contribution in [0.3, 0.4) is 0 Å². The fourth-order valence-electron chi connectivity index (χ4n) is 1.10. The van der Waals surface area contributed by atoms with Crippen molar-refractivity contribution in [1.29, 1.82) is 0 Å². The molecule has 1 aromatic carbocycles. The van der Waals surface area contributed by atoms with Gasteiger partial charge in [0.15, 0.2) is 0 Å². The van der Waals surface area contributed by atoms with Crippen molar-refractivity contribution in [1.82, 2.24) is 0 Å². The summed E-state index contributed by atoms with van der Waals surface area (Å²) in [6.45, 7) is 2.74. The average molecular weight is 265 g/mol. The van der Waals surface area contributed by atoms with E-state index in [0.717, 1.165) is 12.2 Å². The van der Waals surface area contributed by atoms with Crippen LogP contribution in [0.2, 0.25) is 10.0 Å². The zero-order valence-electron chi connectivity index (χ0n) is 8.54. The van der Waals surface area contributed by atoms with Crippen LogP contribution >= 0.6 is 35.8 Å². The van der Waals surface area contributed by atoms with Gasteiger partial charge in [0.05, 0.1) is 11.6 Å². The number of ether oxygens (including phenoxy) is 1. The van der Waals surface area contributed by atoms with Crippen LogP contribution in [0.5, 0.6) is 5.75 Å². The van der Waals surface area contributed by atoms with E-state index in [2.05, 4.69) is 19.6 Å².